The SMILES string of the molecule is CCOc1cc(C2/C(=C(/O)c3ccc(Br)cc3)C(=O)C(=O)N2CCCOC(C)C)ccc1OC. The minimum absolute atomic E-state index is 0.0460. The third-order valence-corrected chi connectivity index (χ3v) is 5.98. The van der Waals surface area contributed by atoms with Gasteiger partial charge in [-0.05, 0) is 57.0 Å². The van der Waals surface area contributed by atoms with Gasteiger partial charge in [0.25, 0.3) is 11.7 Å². The monoisotopic (exact) mass is 531 g/mol. The quantitative estimate of drug-likeness (QED) is 0.199. The third kappa shape index (κ3) is 5.62. The molecule has 0 spiro atoms. The van der Waals surface area contributed by atoms with Crippen LogP contribution in [0, 0.1) is 0 Å². The second-order valence-corrected chi connectivity index (χ2v) is 9.03. The molecule has 1 saturated heterocycles. The summed E-state index contributed by atoms with van der Waals surface area (Å²) in [6, 6.07) is 11.4. The molecule has 1 aliphatic rings. The minimum Gasteiger partial charge on any atom is -0.507 e. The van der Waals surface area contributed by atoms with Gasteiger partial charge >= 0.3 is 0 Å². The maximum atomic E-state index is 13.2. The Morgan fingerprint density at radius 3 is 2.44 bits per heavy atom. The zero-order valence-corrected chi connectivity index (χ0v) is 21.4. The van der Waals surface area contributed by atoms with Crippen LogP contribution in [0.5, 0.6) is 11.5 Å². The summed E-state index contributed by atoms with van der Waals surface area (Å²) in [5.41, 5.74) is 1.14. The maximum absolute atomic E-state index is 13.2. The fourth-order valence-corrected chi connectivity index (χ4v) is 4.17. The first-order valence-corrected chi connectivity index (χ1v) is 12.0. The highest BCUT2D eigenvalue weighted by molar-refractivity contribution is 9.10. The number of hydrogen-bond acceptors (Lipinski definition) is 6. The van der Waals surface area contributed by atoms with Crippen molar-refractivity contribution in [3.8, 4) is 11.5 Å². The van der Waals surface area contributed by atoms with Crippen LogP contribution in [0.3, 0.4) is 0 Å². The number of nitrogens with zero attached hydrogens (tertiary/aromatic N) is 1. The van der Waals surface area contributed by atoms with Crippen LogP contribution < -0.4 is 9.47 Å². The number of rotatable bonds is 10. The van der Waals surface area contributed by atoms with Crippen LogP contribution in [0.15, 0.2) is 52.5 Å². The number of aliphatic hydroxyl groups excluding tert-OH is 1. The molecule has 3 rings (SSSR count). The number of Topliss-reactive ketones (excluding diaryl/α,β-unsaturated/α-hetero) is 1. The molecule has 0 saturated carbocycles. The topological polar surface area (TPSA) is 85.3 Å². The second-order valence-electron chi connectivity index (χ2n) is 8.12. The van der Waals surface area contributed by atoms with Crippen LogP contribution in [0.2, 0.25) is 0 Å². The Morgan fingerprint density at radius 1 is 1.12 bits per heavy atom. The summed E-state index contributed by atoms with van der Waals surface area (Å²) in [6.45, 7) is 6.92. The predicted octanol–water partition coefficient (Wildman–Crippen LogP) is 5.09. The van der Waals surface area contributed by atoms with Gasteiger partial charge in [-0.15, -0.1) is 0 Å². The molecule has 2 aromatic carbocycles. The van der Waals surface area contributed by atoms with Crippen LogP contribution in [0.4, 0.5) is 0 Å². The van der Waals surface area contributed by atoms with Gasteiger partial charge in [0.1, 0.15) is 5.76 Å². The number of aliphatic hydroxyl groups is 1. The Hall–Kier alpha value is -2.84. The molecule has 0 aromatic heterocycles. The molecule has 7 nitrogen and oxygen atoms in total. The lowest BCUT2D eigenvalue weighted by molar-refractivity contribution is -0.140. The fraction of sp³-hybridized carbons (Fsp3) is 0.385. The first-order chi connectivity index (χ1) is 16.3. The molecular formula is C26H30BrNO6. The molecule has 182 valence electrons. The van der Waals surface area contributed by atoms with Gasteiger partial charge in [-0.3, -0.25) is 9.59 Å². The Bertz CT molecular complexity index is 1060. The molecular weight excluding hydrogens is 502 g/mol. The van der Waals surface area contributed by atoms with Crippen molar-refractivity contribution >= 4 is 33.4 Å². The third-order valence-electron chi connectivity index (χ3n) is 5.46. The van der Waals surface area contributed by atoms with Gasteiger partial charge in [-0.1, -0.05) is 34.1 Å². The van der Waals surface area contributed by atoms with E-state index in [1.54, 1.807) is 49.6 Å². The number of methoxy groups -OCH3 is 1. The van der Waals surface area contributed by atoms with E-state index in [2.05, 4.69) is 15.9 Å². The number of likely N-dealkylation sites (tertiary alicyclic amines) is 1. The molecule has 1 fully saturated rings. The van der Waals surface area contributed by atoms with E-state index in [0.29, 0.717) is 48.8 Å². The van der Waals surface area contributed by atoms with E-state index in [1.165, 1.54) is 4.90 Å². The Balaban J connectivity index is 2.09. The Kier molecular flexibility index (Phi) is 8.74. The Morgan fingerprint density at radius 2 is 1.82 bits per heavy atom. The van der Waals surface area contributed by atoms with Crippen molar-refractivity contribution in [2.75, 3.05) is 26.9 Å². The van der Waals surface area contributed by atoms with Crippen molar-refractivity contribution in [3.05, 3.63) is 63.6 Å². The van der Waals surface area contributed by atoms with Crippen molar-refractivity contribution in [1.29, 1.82) is 0 Å². The standard InChI is InChI=1S/C26H30BrNO6/c1-5-33-21-15-18(9-12-20(21)32-4)23-22(24(29)17-7-10-19(27)11-8-17)25(30)26(31)28(23)13-6-14-34-16(2)3/h7-12,15-16,23,29H,5-6,13-14H2,1-4H3/b24-22-. The van der Waals surface area contributed by atoms with Crippen LogP contribution in [0.1, 0.15) is 44.4 Å². The van der Waals surface area contributed by atoms with Gasteiger partial charge in [0.15, 0.2) is 11.5 Å². The van der Waals surface area contributed by atoms with Gasteiger partial charge < -0.3 is 24.2 Å². The zero-order chi connectivity index (χ0) is 24.8. The van der Waals surface area contributed by atoms with E-state index in [-0.39, 0.29) is 17.4 Å². The lowest BCUT2D eigenvalue weighted by Crippen LogP contribution is -2.31. The number of halogens is 1. The molecule has 1 amide bonds. The lowest BCUT2D eigenvalue weighted by Gasteiger charge is -2.26. The summed E-state index contributed by atoms with van der Waals surface area (Å²) in [5, 5.41) is 11.2. The molecule has 8 heteroatoms. The van der Waals surface area contributed by atoms with E-state index in [9.17, 15) is 14.7 Å². The summed E-state index contributed by atoms with van der Waals surface area (Å²) in [7, 11) is 1.55. The minimum atomic E-state index is -0.771. The molecule has 0 aliphatic carbocycles. The van der Waals surface area contributed by atoms with Gasteiger partial charge in [0, 0.05) is 23.2 Å². The lowest BCUT2D eigenvalue weighted by atomic mass is 9.95. The average Bonchev–Trinajstić information content (AvgIpc) is 3.07. The summed E-state index contributed by atoms with van der Waals surface area (Å²) in [6.07, 6.45) is 0.619. The van der Waals surface area contributed by atoms with Crippen LogP contribution in [-0.2, 0) is 14.3 Å². The first kappa shape index (κ1) is 25.8. The zero-order valence-electron chi connectivity index (χ0n) is 19.8. The van der Waals surface area contributed by atoms with Crippen LogP contribution >= 0.6 is 15.9 Å². The summed E-state index contributed by atoms with van der Waals surface area (Å²) in [4.78, 5) is 27.7. The molecule has 1 N–H and O–H groups in total. The number of ketones is 1. The highest BCUT2D eigenvalue weighted by atomic mass is 79.9. The number of benzene rings is 2. The summed E-state index contributed by atoms with van der Waals surface area (Å²) in [5.74, 6) is -0.544. The first-order valence-electron chi connectivity index (χ1n) is 11.2. The van der Waals surface area contributed by atoms with Crippen LogP contribution in [-0.4, -0.2) is 54.7 Å². The molecule has 1 atom stereocenters. The molecule has 1 unspecified atom stereocenters. The van der Waals surface area contributed by atoms with Crippen molar-refractivity contribution in [1.82, 2.24) is 4.90 Å². The van der Waals surface area contributed by atoms with Crippen LogP contribution in [0.25, 0.3) is 5.76 Å². The Labute approximate surface area is 208 Å². The van der Waals surface area contributed by atoms with E-state index in [0.717, 1.165) is 4.47 Å². The molecule has 34 heavy (non-hydrogen) atoms. The highest BCUT2D eigenvalue weighted by Gasteiger charge is 2.46. The van der Waals surface area contributed by atoms with Gasteiger partial charge in [-0.2, -0.15) is 0 Å². The van der Waals surface area contributed by atoms with Gasteiger partial charge in [0.05, 0.1) is 31.4 Å². The van der Waals surface area contributed by atoms with E-state index >= 15 is 0 Å². The van der Waals surface area contributed by atoms with Crippen molar-refractivity contribution in [2.45, 2.75) is 39.3 Å². The molecule has 1 aliphatic heterocycles. The van der Waals surface area contributed by atoms with E-state index < -0.39 is 17.7 Å². The number of hydrogen-bond donors (Lipinski definition) is 1. The fourth-order valence-electron chi connectivity index (χ4n) is 3.91. The number of ether oxygens (including phenoxy) is 3. The molecule has 2 aromatic rings. The molecule has 0 radical (unpaired) electrons. The predicted molar refractivity (Wildman–Crippen MR) is 133 cm³/mol. The molecule has 0 bridgehead atoms. The van der Waals surface area contributed by atoms with Crippen molar-refractivity contribution in [3.63, 3.8) is 0 Å². The van der Waals surface area contributed by atoms with Crippen molar-refractivity contribution in [2.24, 2.45) is 0 Å². The normalized spacial score (nSPS) is 17.5. The smallest absolute Gasteiger partial charge is 0.295 e. The number of amides is 1. The second kappa shape index (κ2) is 11.5. The van der Waals surface area contributed by atoms with E-state index in [4.69, 9.17) is 14.2 Å². The number of carbonyl (C=O) groups is 2. The van der Waals surface area contributed by atoms with Crippen molar-refractivity contribution < 1.29 is 28.9 Å². The largest absolute Gasteiger partial charge is 0.507 e. The molecule has 1 heterocycles. The maximum Gasteiger partial charge on any atom is 0.295 e. The van der Waals surface area contributed by atoms with Gasteiger partial charge in [0.2, 0.25) is 0 Å². The average molecular weight is 532 g/mol. The summed E-state index contributed by atoms with van der Waals surface area (Å²) >= 11 is 3.37. The van der Waals surface area contributed by atoms with Gasteiger partial charge in [-0.25, -0.2) is 0 Å². The van der Waals surface area contributed by atoms with E-state index in [1.807, 2.05) is 20.8 Å². The summed E-state index contributed by atoms with van der Waals surface area (Å²) < 4.78 is 17.6. The highest BCUT2D eigenvalue weighted by Crippen LogP contribution is 2.42. The number of carbonyl (C=O) groups excluding carboxylic acids is 2.